The Morgan fingerprint density at radius 1 is 1.33 bits per heavy atom. The van der Waals surface area contributed by atoms with E-state index in [4.69, 9.17) is 21.4 Å². The number of rotatable bonds is 6. The summed E-state index contributed by atoms with van der Waals surface area (Å²) >= 11 is 5.79. The van der Waals surface area contributed by atoms with Crippen molar-refractivity contribution in [2.45, 2.75) is 38.3 Å². The summed E-state index contributed by atoms with van der Waals surface area (Å²) in [4.78, 5) is 23.4. The molecule has 0 saturated heterocycles. The van der Waals surface area contributed by atoms with Gasteiger partial charge in [0.15, 0.2) is 5.60 Å². The van der Waals surface area contributed by atoms with Crippen LogP contribution in [0.5, 0.6) is 5.75 Å². The second-order valence-corrected chi connectivity index (χ2v) is 6.13. The molecular formula is C15H18ClNO4. The van der Waals surface area contributed by atoms with Crippen molar-refractivity contribution in [3.8, 4) is 5.75 Å². The van der Waals surface area contributed by atoms with Gasteiger partial charge in [0.2, 0.25) is 0 Å². The van der Waals surface area contributed by atoms with E-state index in [1.807, 2.05) is 0 Å². The lowest BCUT2D eigenvalue weighted by atomic mass is 10.1. The summed E-state index contributed by atoms with van der Waals surface area (Å²) in [6.07, 6.45) is 1.66. The van der Waals surface area contributed by atoms with Crippen molar-refractivity contribution >= 4 is 23.5 Å². The summed E-state index contributed by atoms with van der Waals surface area (Å²) in [7, 11) is 0. The maximum atomic E-state index is 12.3. The smallest absolute Gasteiger partial charge is 0.326 e. The number of hydrogen-bond acceptors (Lipinski definition) is 3. The summed E-state index contributed by atoms with van der Waals surface area (Å²) in [5.74, 6) is -0.930. The third kappa shape index (κ3) is 4.11. The Kier molecular flexibility index (Phi) is 4.42. The first-order valence-electron chi connectivity index (χ1n) is 6.78. The fraction of sp³-hybridized carbons (Fsp3) is 0.467. The van der Waals surface area contributed by atoms with Crippen LogP contribution in [0.25, 0.3) is 0 Å². The highest BCUT2D eigenvalue weighted by atomic mass is 35.5. The molecule has 0 spiro atoms. The quantitative estimate of drug-likeness (QED) is 0.846. The summed E-state index contributed by atoms with van der Waals surface area (Å²) < 4.78 is 5.64. The van der Waals surface area contributed by atoms with E-state index >= 15 is 0 Å². The molecule has 1 fully saturated rings. The van der Waals surface area contributed by atoms with Gasteiger partial charge >= 0.3 is 5.97 Å². The van der Waals surface area contributed by atoms with E-state index in [0.29, 0.717) is 10.8 Å². The Labute approximate surface area is 128 Å². The first-order chi connectivity index (χ1) is 9.79. The zero-order valence-electron chi connectivity index (χ0n) is 11.9. The standard InChI is InChI=1S/C15H18ClNO4/c1-15(2,21-11-7-5-10(16)6-8-11)14(20)17-12(13(18)19)9-3-4-9/h5-9,12H,3-4H2,1-2H3,(H,17,20)(H,18,19). The zero-order chi connectivity index (χ0) is 15.6. The molecule has 0 aromatic heterocycles. The SMILES string of the molecule is CC(C)(Oc1ccc(Cl)cc1)C(=O)NC(C(=O)O)C1CC1. The van der Waals surface area contributed by atoms with Gasteiger partial charge < -0.3 is 15.2 Å². The van der Waals surface area contributed by atoms with Crippen LogP contribution in [-0.4, -0.2) is 28.6 Å². The number of carbonyl (C=O) groups is 2. The van der Waals surface area contributed by atoms with Gasteiger partial charge in [-0.3, -0.25) is 4.79 Å². The molecule has 1 aromatic carbocycles. The maximum Gasteiger partial charge on any atom is 0.326 e. The van der Waals surface area contributed by atoms with Gasteiger partial charge in [-0.05, 0) is 56.9 Å². The molecule has 1 aliphatic carbocycles. The van der Waals surface area contributed by atoms with Gasteiger partial charge in [-0.2, -0.15) is 0 Å². The molecule has 114 valence electrons. The third-order valence-corrected chi connectivity index (χ3v) is 3.63. The first kappa shape index (κ1) is 15.6. The minimum atomic E-state index is -1.17. The van der Waals surface area contributed by atoms with Crippen molar-refractivity contribution in [2.75, 3.05) is 0 Å². The number of carboxylic acids is 1. The molecule has 1 aliphatic rings. The number of halogens is 1. The van der Waals surface area contributed by atoms with Gasteiger partial charge in [0, 0.05) is 5.02 Å². The van der Waals surface area contributed by atoms with E-state index < -0.39 is 23.5 Å². The van der Waals surface area contributed by atoms with E-state index in [-0.39, 0.29) is 5.92 Å². The number of carbonyl (C=O) groups excluding carboxylic acids is 1. The lowest BCUT2D eigenvalue weighted by molar-refractivity contribution is -0.145. The van der Waals surface area contributed by atoms with Crippen LogP contribution in [0.3, 0.4) is 0 Å². The molecule has 1 atom stereocenters. The lowest BCUT2D eigenvalue weighted by Gasteiger charge is -2.27. The highest BCUT2D eigenvalue weighted by molar-refractivity contribution is 6.30. The van der Waals surface area contributed by atoms with Gasteiger partial charge in [-0.25, -0.2) is 4.79 Å². The topological polar surface area (TPSA) is 75.6 Å². The number of hydrogen-bond donors (Lipinski definition) is 2. The highest BCUT2D eigenvalue weighted by Crippen LogP contribution is 2.33. The number of carboxylic acid groups (broad SMARTS) is 1. The van der Waals surface area contributed by atoms with Crippen LogP contribution in [0.1, 0.15) is 26.7 Å². The molecule has 0 aliphatic heterocycles. The number of benzene rings is 1. The predicted molar refractivity (Wildman–Crippen MR) is 78.4 cm³/mol. The molecule has 6 heteroatoms. The second-order valence-electron chi connectivity index (χ2n) is 5.69. The Morgan fingerprint density at radius 2 is 1.90 bits per heavy atom. The van der Waals surface area contributed by atoms with Crippen LogP contribution in [0.2, 0.25) is 5.02 Å². The maximum absolute atomic E-state index is 12.3. The summed E-state index contributed by atoms with van der Waals surface area (Å²) in [5, 5.41) is 12.3. The van der Waals surface area contributed by atoms with Crippen molar-refractivity contribution in [3.05, 3.63) is 29.3 Å². The van der Waals surface area contributed by atoms with Crippen LogP contribution in [0.15, 0.2) is 24.3 Å². The van der Waals surface area contributed by atoms with Gasteiger partial charge in [-0.1, -0.05) is 11.6 Å². The average molecular weight is 312 g/mol. The molecule has 1 amide bonds. The monoisotopic (exact) mass is 311 g/mol. The molecule has 2 rings (SSSR count). The van der Waals surface area contributed by atoms with Gasteiger partial charge in [0.1, 0.15) is 11.8 Å². The van der Waals surface area contributed by atoms with E-state index in [0.717, 1.165) is 12.8 Å². The fourth-order valence-electron chi connectivity index (χ4n) is 1.97. The Hall–Kier alpha value is -1.75. The van der Waals surface area contributed by atoms with Crippen molar-refractivity contribution in [1.82, 2.24) is 5.32 Å². The Balaban J connectivity index is 2.01. The molecule has 2 N–H and O–H groups in total. The van der Waals surface area contributed by atoms with E-state index in [9.17, 15) is 9.59 Å². The zero-order valence-corrected chi connectivity index (χ0v) is 12.7. The molecule has 1 saturated carbocycles. The van der Waals surface area contributed by atoms with E-state index in [1.165, 1.54) is 0 Å². The predicted octanol–water partition coefficient (Wildman–Crippen LogP) is 2.48. The van der Waals surface area contributed by atoms with Crippen LogP contribution >= 0.6 is 11.6 Å². The van der Waals surface area contributed by atoms with Crippen LogP contribution in [0.4, 0.5) is 0 Å². The summed E-state index contributed by atoms with van der Waals surface area (Å²) in [6.45, 7) is 3.20. The number of aliphatic carboxylic acids is 1. The van der Waals surface area contributed by atoms with Gasteiger partial charge in [-0.15, -0.1) is 0 Å². The van der Waals surface area contributed by atoms with E-state index in [2.05, 4.69) is 5.32 Å². The van der Waals surface area contributed by atoms with E-state index in [1.54, 1.807) is 38.1 Å². The number of ether oxygens (including phenoxy) is 1. The molecule has 0 heterocycles. The summed E-state index contributed by atoms with van der Waals surface area (Å²) in [6, 6.07) is 5.80. The number of amides is 1. The van der Waals surface area contributed by atoms with Crippen molar-refractivity contribution in [1.29, 1.82) is 0 Å². The van der Waals surface area contributed by atoms with Crippen LogP contribution in [0, 0.1) is 5.92 Å². The van der Waals surface area contributed by atoms with Crippen LogP contribution < -0.4 is 10.1 Å². The lowest BCUT2D eigenvalue weighted by Crippen LogP contribution is -2.53. The van der Waals surface area contributed by atoms with Gasteiger partial charge in [0.25, 0.3) is 5.91 Å². The average Bonchev–Trinajstić information content (AvgIpc) is 3.22. The molecule has 0 bridgehead atoms. The third-order valence-electron chi connectivity index (χ3n) is 3.38. The van der Waals surface area contributed by atoms with Crippen molar-refractivity contribution in [3.63, 3.8) is 0 Å². The second kappa shape index (κ2) is 5.93. The molecule has 0 radical (unpaired) electrons. The summed E-state index contributed by atoms with van der Waals surface area (Å²) in [5.41, 5.74) is -1.17. The van der Waals surface area contributed by atoms with Crippen molar-refractivity contribution in [2.24, 2.45) is 5.92 Å². The van der Waals surface area contributed by atoms with Gasteiger partial charge in [0.05, 0.1) is 0 Å². The Morgan fingerprint density at radius 3 is 2.38 bits per heavy atom. The fourth-order valence-corrected chi connectivity index (χ4v) is 2.10. The molecule has 21 heavy (non-hydrogen) atoms. The highest BCUT2D eigenvalue weighted by Gasteiger charge is 2.40. The molecule has 1 unspecified atom stereocenters. The molecule has 5 nitrogen and oxygen atoms in total. The van der Waals surface area contributed by atoms with Crippen LogP contribution in [-0.2, 0) is 9.59 Å². The van der Waals surface area contributed by atoms with Crippen molar-refractivity contribution < 1.29 is 19.4 Å². The minimum absolute atomic E-state index is 0.0257. The number of nitrogens with one attached hydrogen (secondary N) is 1. The Bertz CT molecular complexity index is 537. The molecule has 1 aromatic rings. The largest absolute Gasteiger partial charge is 0.480 e. The minimum Gasteiger partial charge on any atom is -0.480 e. The first-order valence-corrected chi connectivity index (χ1v) is 7.16. The normalized spacial score (nSPS) is 16.1. The molecular weight excluding hydrogens is 294 g/mol.